The second-order valence-electron chi connectivity index (χ2n) is 20.0. The number of hydrogen-bond acceptors (Lipinski definition) is 7. The third-order valence-electron chi connectivity index (χ3n) is 13.4. The van der Waals surface area contributed by atoms with Gasteiger partial charge in [0.25, 0.3) is 0 Å². The number of carbonyl (C=O) groups excluding carboxylic acids is 5. The summed E-state index contributed by atoms with van der Waals surface area (Å²) in [6.45, 7) is 8.67. The molecule has 12 nitrogen and oxygen atoms in total. The van der Waals surface area contributed by atoms with Crippen molar-refractivity contribution in [3.8, 4) is 0 Å². The van der Waals surface area contributed by atoms with E-state index in [0.717, 1.165) is 64.2 Å². The molecular formula is C56H111N7O5. The molecule has 12 heteroatoms. The Morgan fingerprint density at radius 2 is 0.603 bits per heavy atom. The second kappa shape index (κ2) is 50.7. The van der Waals surface area contributed by atoms with E-state index in [4.69, 9.17) is 11.5 Å². The summed E-state index contributed by atoms with van der Waals surface area (Å²) in [6.07, 6.45) is 42.5. The van der Waals surface area contributed by atoms with Crippen LogP contribution in [0.25, 0.3) is 0 Å². The molecule has 68 heavy (non-hydrogen) atoms. The molecule has 0 rings (SSSR count). The first-order chi connectivity index (χ1) is 33.2. The van der Waals surface area contributed by atoms with E-state index < -0.39 is 29.9 Å². The summed E-state index contributed by atoms with van der Waals surface area (Å²) >= 11 is 0. The van der Waals surface area contributed by atoms with Gasteiger partial charge in [0, 0.05) is 25.9 Å². The molecule has 0 heterocycles. The van der Waals surface area contributed by atoms with Gasteiger partial charge in [0.15, 0.2) is 0 Å². The van der Waals surface area contributed by atoms with E-state index in [9.17, 15) is 24.0 Å². The summed E-state index contributed by atoms with van der Waals surface area (Å²) in [4.78, 5) is 67.2. The van der Waals surface area contributed by atoms with Crippen LogP contribution >= 0.6 is 0 Å². The monoisotopic (exact) mass is 962 g/mol. The van der Waals surface area contributed by atoms with Crippen LogP contribution in [-0.4, -0.2) is 73.8 Å². The maximum Gasteiger partial charge on any atom is 0.243 e. The normalized spacial score (nSPS) is 12.6. The molecule has 0 radical (unpaired) electrons. The van der Waals surface area contributed by atoms with Crippen LogP contribution < -0.4 is 38.1 Å². The lowest BCUT2D eigenvalue weighted by Crippen LogP contribution is -2.56. The summed E-state index contributed by atoms with van der Waals surface area (Å²) < 4.78 is 0. The molecule has 0 unspecified atom stereocenters. The van der Waals surface area contributed by atoms with E-state index in [-0.39, 0.29) is 17.7 Å². The first kappa shape index (κ1) is 65.3. The predicted octanol–water partition coefficient (Wildman–Crippen LogP) is 11.6. The lowest BCUT2D eigenvalue weighted by Gasteiger charge is -2.25. The van der Waals surface area contributed by atoms with Crippen LogP contribution in [0.4, 0.5) is 0 Å². The molecule has 0 aromatic carbocycles. The fourth-order valence-electron chi connectivity index (χ4n) is 8.89. The molecule has 0 aromatic rings. The lowest BCUT2D eigenvalue weighted by atomic mass is 10.0. The topological polar surface area (TPSA) is 198 Å². The summed E-state index contributed by atoms with van der Waals surface area (Å²) in [5, 5.41) is 15.0. The highest BCUT2D eigenvalue weighted by Crippen LogP contribution is 2.15. The molecule has 0 spiro atoms. The van der Waals surface area contributed by atoms with Gasteiger partial charge < -0.3 is 38.1 Å². The molecule has 0 aliphatic heterocycles. The molecule has 0 saturated carbocycles. The first-order valence-electron chi connectivity index (χ1n) is 29.1. The molecule has 0 bridgehead atoms. The third-order valence-corrected chi connectivity index (χ3v) is 13.4. The van der Waals surface area contributed by atoms with Crippen molar-refractivity contribution >= 4 is 29.5 Å². The number of carbonyl (C=O) groups is 5. The summed E-state index contributed by atoms with van der Waals surface area (Å²) in [7, 11) is 0. The molecule has 0 fully saturated rings. The van der Waals surface area contributed by atoms with Gasteiger partial charge in [0.1, 0.15) is 18.1 Å². The smallest absolute Gasteiger partial charge is 0.243 e. The number of rotatable bonds is 52. The minimum absolute atomic E-state index is 0.0614. The van der Waals surface area contributed by atoms with Gasteiger partial charge >= 0.3 is 0 Å². The van der Waals surface area contributed by atoms with Gasteiger partial charge in [-0.2, -0.15) is 0 Å². The summed E-state index contributed by atoms with van der Waals surface area (Å²) in [5.41, 5.74) is 11.6. The fourth-order valence-corrected chi connectivity index (χ4v) is 8.89. The van der Waals surface area contributed by atoms with Gasteiger partial charge in [-0.1, -0.05) is 194 Å². The van der Waals surface area contributed by atoms with E-state index >= 15 is 0 Å². The highest BCUT2D eigenvalue weighted by Gasteiger charge is 2.29. The predicted molar refractivity (Wildman–Crippen MR) is 286 cm³/mol. The van der Waals surface area contributed by atoms with Crippen molar-refractivity contribution in [3.05, 3.63) is 0 Å². The zero-order valence-corrected chi connectivity index (χ0v) is 44.7. The van der Waals surface area contributed by atoms with Gasteiger partial charge in [-0.25, -0.2) is 0 Å². The molecule has 0 aliphatic rings. The Morgan fingerprint density at radius 1 is 0.309 bits per heavy atom. The van der Waals surface area contributed by atoms with E-state index in [0.29, 0.717) is 90.4 Å². The second-order valence-corrected chi connectivity index (χ2v) is 20.0. The van der Waals surface area contributed by atoms with Crippen LogP contribution in [0.15, 0.2) is 0 Å². The molecule has 9 N–H and O–H groups in total. The molecule has 5 amide bonds. The van der Waals surface area contributed by atoms with Gasteiger partial charge in [-0.3, -0.25) is 24.0 Å². The fraction of sp³-hybridized carbons (Fsp3) is 0.911. The number of nitrogens with two attached hydrogens (primary N) is 2. The molecule has 0 saturated heterocycles. The first-order valence-corrected chi connectivity index (χ1v) is 29.1. The van der Waals surface area contributed by atoms with E-state index in [2.05, 4.69) is 47.4 Å². The quantitative estimate of drug-likeness (QED) is 0.0294. The Kier molecular flexibility index (Phi) is 48.6. The Balaban J connectivity index is 5.29. The number of nitrogens with one attached hydrogen (secondary N) is 5. The molecule has 0 aromatic heterocycles. The average Bonchev–Trinajstić information content (AvgIpc) is 3.33. The Hall–Kier alpha value is -2.73. The zero-order valence-electron chi connectivity index (χ0n) is 44.7. The minimum Gasteiger partial charge on any atom is -0.356 e. The molecule has 0 aliphatic carbocycles. The van der Waals surface area contributed by atoms with E-state index in [1.807, 2.05) is 0 Å². The molecular weight excluding hydrogens is 851 g/mol. The van der Waals surface area contributed by atoms with Gasteiger partial charge in [-0.15, -0.1) is 0 Å². The lowest BCUT2D eigenvalue weighted by molar-refractivity contribution is -0.134. The number of unbranched alkanes of at least 4 members (excludes halogenated alkanes) is 30. The van der Waals surface area contributed by atoms with Crippen molar-refractivity contribution < 1.29 is 24.0 Å². The van der Waals surface area contributed by atoms with Crippen molar-refractivity contribution in [1.82, 2.24) is 26.6 Å². The van der Waals surface area contributed by atoms with Crippen LogP contribution in [0.2, 0.25) is 0 Å². The average molecular weight is 963 g/mol. The Morgan fingerprint density at radius 3 is 1.00 bits per heavy atom. The van der Waals surface area contributed by atoms with Crippen molar-refractivity contribution in [3.63, 3.8) is 0 Å². The summed E-state index contributed by atoms with van der Waals surface area (Å²) in [5.74, 6) is -1.17. The Bertz CT molecular complexity index is 1190. The van der Waals surface area contributed by atoms with Crippen molar-refractivity contribution in [2.24, 2.45) is 11.5 Å². The van der Waals surface area contributed by atoms with Gasteiger partial charge in [0.2, 0.25) is 29.5 Å². The van der Waals surface area contributed by atoms with Gasteiger partial charge in [-0.05, 0) is 90.1 Å². The van der Waals surface area contributed by atoms with E-state index in [1.54, 1.807) is 0 Å². The maximum absolute atomic E-state index is 14.1. The van der Waals surface area contributed by atoms with Crippen LogP contribution in [0.3, 0.4) is 0 Å². The van der Waals surface area contributed by atoms with Crippen molar-refractivity contribution in [2.45, 2.75) is 302 Å². The highest BCUT2D eigenvalue weighted by molar-refractivity contribution is 5.94. The van der Waals surface area contributed by atoms with Crippen LogP contribution in [-0.2, 0) is 24.0 Å². The van der Waals surface area contributed by atoms with Crippen LogP contribution in [0.5, 0.6) is 0 Å². The SMILES string of the molecule is CCCCCCCCCCCCCCCC(=O)NCCCC[C@H](NC(=O)CCCCCCCCCCCCCCC)C(=O)N[C@@H](CCCCN)C(=O)N[C@@H](CCCCN)C(=O)NCCCCCC. The maximum atomic E-state index is 14.1. The summed E-state index contributed by atoms with van der Waals surface area (Å²) in [6, 6.07) is -2.47. The van der Waals surface area contributed by atoms with E-state index in [1.165, 1.54) is 135 Å². The standard InChI is InChI=1S/C56H111N7O5/c1-4-7-10-13-15-17-19-21-23-25-27-29-31-43-52(64)59-47-39-35-42-50(61-53(65)44-32-30-28-26-24-22-20-18-16-14-11-8-5-2)55(67)63-51(41-34-37-46-58)56(68)62-49(40-33-36-45-57)54(66)60-48-38-12-9-6-3/h49-51H,4-48,57-58H2,1-3H3,(H,59,64)(H,60,66)(H,61,65)(H,62,68)(H,63,67)/t49-,50-,51-/m0/s1. The Labute approximate surface area is 418 Å². The molecule has 400 valence electrons. The van der Waals surface area contributed by atoms with Crippen molar-refractivity contribution in [2.75, 3.05) is 26.2 Å². The zero-order chi connectivity index (χ0) is 50.0. The number of hydrogen-bond donors (Lipinski definition) is 7. The minimum atomic E-state index is -0.895. The number of amides is 5. The molecule has 3 atom stereocenters. The van der Waals surface area contributed by atoms with Gasteiger partial charge in [0.05, 0.1) is 0 Å². The van der Waals surface area contributed by atoms with Crippen molar-refractivity contribution in [1.29, 1.82) is 0 Å². The van der Waals surface area contributed by atoms with Crippen LogP contribution in [0, 0.1) is 0 Å². The van der Waals surface area contributed by atoms with Crippen LogP contribution in [0.1, 0.15) is 284 Å². The highest BCUT2D eigenvalue weighted by atomic mass is 16.2. The third kappa shape index (κ3) is 42.2. The largest absolute Gasteiger partial charge is 0.356 e.